The van der Waals surface area contributed by atoms with Gasteiger partial charge in [0.15, 0.2) is 0 Å². The molecule has 0 radical (unpaired) electrons. The van der Waals surface area contributed by atoms with E-state index in [2.05, 4.69) is 11.8 Å². The molecule has 4 aromatic rings. The van der Waals surface area contributed by atoms with Crippen molar-refractivity contribution in [3.63, 3.8) is 0 Å². The van der Waals surface area contributed by atoms with Gasteiger partial charge < -0.3 is 43.8 Å². The van der Waals surface area contributed by atoms with Crippen molar-refractivity contribution in [1.82, 2.24) is 0 Å². The third-order valence-electron chi connectivity index (χ3n) is 11.2. The summed E-state index contributed by atoms with van der Waals surface area (Å²) in [6, 6.07) is 29.5. The number of phenolic OH excluding ortho intramolecular Hbond substituents is 2. The molecule has 64 heavy (non-hydrogen) atoms. The first kappa shape index (κ1) is 49.3. The Labute approximate surface area is 374 Å². The van der Waals surface area contributed by atoms with Crippen LogP contribution in [0, 0.1) is 0 Å². The van der Waals surface area contributed by atoms with Crippen molar-refractivity contribution in [3.8, 4) is 11.5 Å². The van der Waals surface area contributed by atoms with Crippen molar-refractivity contribution in [2.45, 2.75) is 51.4 Å². The van der Waals surface area contributed by atoms with E-state index < -0.39 is 51.5 Å². The molecule has 0 amide bonds. The zero-order valence-electron chi connectivity index (χ0n) is 36.7. The molecule has 0 fully saturated rings. The Balaban J connectivity index is 0.000000253. The summed E-state index contributed by atoms with van der Waals surface area (Å²) in [7, 11) is -4.48. The summed E-state index contributed by atoms with van der Waals surface area (Å²) in [6.45, 7) is 5.37. The molecular weight excluding hydrogens is 858 g/mol. The molecule has 0 aliphatic carbocycles. The third kappa shape index (κ3) is 12.7. The highest BCUT2D eigenvalue weighted by Gasteiger charge is 2.44. The third-order valence-corrected chi connectivity index (χ3v) is 13.8. The molecule has 0 aromatic heterocycles. The second kappa shape index (κ2) is 21.3. The van der Waals surface area contributed by atoms with Gasteiger partial charge in [0.25, 0.3) is 0 Å². The Bertz CT molecular complexity index is 2470. The molecule has 2 aliphatic heterocycles. The lowest BCUT2D eigenvalue weighted by atomic mass is 9.79. The summed E-state index contributed by atoms with van der Waals surface area (Å²) >= 11 is 0. The summed E-state index contributed by atoms with van der Waals surface area (Å²) < 4.78 is 45.1. The predicted octanol–water partition coefficient (Wildman–Crippen LogP) is 8.36. The van der Waals surface area contributed by atoms with Crippen LogP contribution in [0.25, 0.3) is 12.2 Å². The summed E-state index contributed by atoms with van der Waals surface area (Å²) in [5, 5.41) is 18.9. The van der Waals surface area contributed by atoms with Crippen LogP contribution in [-0.4, -0.2) is 62.2 Å². The van der Waals surface area contributed by atoms with E-state index >= 15 is 0 Å². The molecular formula is C48H54N2O12P2-2. The van der Waals surface area contributed by atoms with E-state index in [1.165, 1.54) is 13.8 Å². The van der Waals surface area contributed by atoms with E-state index in [0.717, 1.165) is 45.0 Å². The number of allylic oxidation sites excluding steroid dienone is 6. The van der Waals surface area contributed by atoms with E-state index in [-0.39, 0.29) is 30.2 Å². The van der Waals surface area contributed by atoms with E-state index in [0.29, 0.717) is 6.42 Å². The number of esters is 2. The van der Waals surface area contributed by atoms with E-state index in [4.69, 9.17) is 18.5 Å². The zero-order valence-corrected chi connectivity index (χ0v) is 38.5. The van der Waals surface area contributed by atoms with Crippen molar-refractivity contribution in [2.75, 3.05) is 49.8 Å². The number of nitrogens with zero attached hydrogens (tertiary/aromatic N) is 2. The lowest BCUT2D eigenvalue weighted by molar-refractivity contribution is -0.313. The monoisotopic (exact) mass is 912 g/mol. The van der Waals surface area contributed by atoms with Gasteiger partial charge >= 0.3 is 19.5 Å². The van der Waals surface area contributed by atoms with Crippen LogP contribution in [0.1, 0.15) is 62.8 Å². The van der Waals surface area contributed by atoms with Crippen LogP contribution >= 0.6 is 15.2 Å². The molecule has 0 bridgehead atoms. The number of para-hydroxylation sites is 2. The second-order valence-corrected chi connectivity index (χ2v) is 19.6. The molecule has 4 aromatic carbocycles. The minimum atomic E-state index is -4.58. The second-order valence-electron chi connectivity index (χ2n) is 15.8. The molecule has 6 rings (SSSR count). The fourth-order valence-corrected chi connectivity index (χ4v) is 10.00. The van der Waals surface area contributed by atoms with Gasteiger partial charge in [0.1, 0.15) is 11.5 Å². The van der Waals surface area contributed by atoms with Gasteiger partial charge in [-0.2, -0.15) is 0 Å². The minimum Gasteiger partial charge on any atom is -0.811 e. The van der Waals surface area contributed by atoms with E-state index in [1.807, 2.05) is 135 Å². The van der Waals surface area contributed by atoms with Crippen molar-refractivity contribution in [1.29, 1.82) is 0 Å². The number of carbonyl (C=O) groups is 2. The van der Waals surface area contributed by atoms with Crippen LogP contribution in [-0.2, 0) is 48.1 Å². The quantitative estimate of drug-likeness (QED) is 0.0618. The maximum atomic E-state index is 13.5. The van der Waals surface area contributed by atoms with Crippen LogP contribution in [0.15, 0.2) is 133 Å². The highest BCUT2D eigenvalue weighted by molar-refractivity contribution is 7.53. The average molecular weight is 913 g/mol. The average Bonchev–Trinajstić information content (AvgIpc) is 3.59. The summed E-state index contributed by atoms with van der Waals surface area (Å²) in [5.41, 5.74) is 6.75. The zero-order chi connectivity index (χ0) is 46.7. The van der Waals surface area contributed by atoms with Crippen LogP contribution in [0.2, 0.25) is 0 Å². The van der Waals surface area contributed by atoms with Crippen molar-refractivity contribution in [2.24, 2.45) is 0 Å². The lowest BCUT2D eigenvalue weighted by Gasteiger charge is -2.35. The van der Waals surface area contributed by atoms with Gasteiger partial charge in [-0.05, 0) is 104 Å². The van der Waals surface area contributed by atoms with Gasteiger partial charge in [-0.25, -0.2) is 0 Å². The molecule has 340 valence electrons. The number of hydrogen-bond donors (Lipinski definition) is 2. The van der Waals surface area contributed by atoms with Crippen molar-refractivity contribution < 1.29 is 57.2 Å². The summed E-state index contributed by atoms with van der Waals surface area (Å²) in [6.07, 6.45) is 11.8. The lowest BCUT2D eigenvalue weighted by Crippen LogP contribution is -2.29. The van der Waals surface area contributed by atoms with Crippen LogP contribution in [0.4, 0.5) is 11.4 Å². The van der Waals surface area contributed by atoms with Gasteiger partial charge in [-0.15, -0.1) is 0 Å². The molecule has 0 spiro atoms. The molecule has 2 aliphatic rings. The molecule has 0 saturated heterocycles. The Morgan fingerprint density at radius 3 is 1.38 bits per heavy atom. The van der Waals surface area contributed by atoms with Gasteiger partial charge in [-0.3, -0.25) is 23.2 Å². The first-order valence-electron chi connectivity index (χ1n) is 20.4. The number of rotatable bonds is 16. The normalized spacial score (nSPS) is 19.5. The fourth-order valence-electron chi connectivity index (χ4n) is 7.80. The Morgan fingerprint density at radius 2 is 1.00 bits per heavy atom. The van der Waals surface area contributed by atoms with Gasteiger partial charge in [-0.1, -0.05) is 92.6 Å². The number of ether oxygens (including phenoxy) is 2. The van der Waals surface area contributed by atoms with Crippen molar-refractivity contribution in [3.05, 3.63) is 155 Å². The molecule has 2 N–H and O–H groups in total. The van der Waals surface area contributed by atoms with Gasteiger partial charge in [0, 0.05) is 61.5 Å². The first-order chi connectivity index (χ1) is 30.2. The highest BCUT2D eigenvalue weighted by atomic mass is 31.2. The Morgan fingerprint density at radius 1 is 0.625 bits per heavy atom. The van der Waals surface area contributed by atoms with Gasteiger partial charge in [0.05, 0.1) is 6.16 Å². The summed E-state index contributed by atoms with van der Waals surface area (Å²) in [4.78, 5) is 49.0. The number of hydrogen-bond acceptors (Lipinski definition) is 14. The Kier molecular flexibility index (Phi) is 16.4. The summed E-state index contributed by atoms with van der Waals surface area (Å²) in [5.74, 6) is -0.764. The number of likely N-dealkylation sites (N-methyl/N-ethyl adjacent to an activating group) is 2. The molecule has 16 heteroatoms. The maximum absolute atomic E-state index is 13.5. The smallest absolute Gasteiger partial charge is 0.336 e. The topological polar surface area (TPSA) is 198 Å². The number of aromatic hydroxyl groups is 2. The van der Waals surface area contributed by atoms with E-state index in [1.54, 1.807) is 24.3 Å². The molecule has 2 unspecified atom stereocenters. The number of anilines is 2. The number of carbonyl (C=O) groups excluding carboxylic acids is 2. The van der Waals surface area contributed by atoms with Gasteiger partial charge in [0.2, 0.25) is 13.6 Å². The van der Waals surface area contributed by atoms with Crippen molar-refractivity contribution >= 4 is 50.7 Å². The number of benzene rings is 4. The SMILES string of the molecule is CC(=O)OCOP(=O)(CCC1(C)/C(=C/C=C/c2ccc(O)cc2)N(C)c2ccccc21)OCOC(C)=O.CN1/C(=C\C=C\c2ccc(O)cc2)C(C)(CCP(=O)([O-])[O-])c2ccccc21. The molecule has 14 nitrogen and oxygen atoms in total. The van der Waals surface area contributed by atoms with Crippen LogP contribution in [0.3, 0.4) is 0 Å². The largest absolute Gasteiger partial charge is 0.811 e. The molecule has 2 heterocycles. The maximum Gasteiger partial charge on any atom is 0.336 e. The van der Waals surface area contributed by atoms with Crippen LogP contribution < -0.4 is 19.6 Å². The predicted molar refractivity (Wildman–Crippen MR) is 244 cm³/mol. The highest BCUT2D eigenvalue weighted by Crippen LogP contribution is 2.55. The fraction of sp³-hybridized carbons (Fsp3) is 0.292. The number of phenols is 2. The minimum absolute atomic E-state index is 0.0206. The number of fused-ring (bicyclic) bond motifs is 2. The molecule has 2 atom stereocenters. The standard InChI is InChI=1S/C27H32NO8P.C21H24NO4P/c1-20(29)33-18-35-37(32,36-19-34-21(2)30)17-16-27(3)24-9-5-6-10-25(24)28(4)26(27)11-7-8-22-12-14-23(31)15-13-22;1-21(14-15-27(24,25)26)18-7-3-4-8-19(18)22(2)20(21)9-5-6-16-10-12-17(23)13-11-16/h5-15,31H,16-19H2,1-4H3;3-13,23H,14-15H2,1-2H3,(H2,24,25,26)/p-2/b8-7+,26-11-;6-5+,20-9-. The first-order valence-corrected chi connectivity index (χ1v) is 23.9. The molecule has 0 saturated carbocycles. The van der Waals surface area contributed by atoms with E-state index in [9.17, 15) is 38.7 Å². The van der Waals surface area contributed by atoms with Crippen LogP contribution in [0.5, 0.6) is 11.5 Å². The Hall–Kier alpha value is -5.72.